The summed E-state index contributed by atoms with van der Waals surface area (Å²) in [6.07, 6.45) is 0. The molecule has 0 radical (unpaired) electrons. The molecule has 4 heteroatoms. The molecule has 1 aromatic carbocycles. The Hall–Kier alpha value is -1.81. The predicted octanol–water partition coefficient (Wildman–Crippen LogP) is 4.00. The number of para-hydroxylation sites is 1. The minimum absolute atomic E-state index is 0.292. The first-order valence-corrected chi connectivity index (χ1v) is 7.38. The van der Waals surface area contributed by atoms with Gasteiger partial charge in [-0.2, -0.15) is 0 Å². The summed E-state index contributed by atoms with van der Waals surface area (Å²) in [7, 11) is 0. The average molecular weight is 289 g/mol. The van der Waals surface area contributed by atoms with Gasteiger partial charge in [-0.05, 0) is 25.8 Å². The summed E-state index contributed by atoms with van der Waals surface area (Å²) in [5, 5.41) is 10.2. The van der Waals surface area contributed by atoms with Gasteiger partial charge in [0.25, 0.3) is 0 Å². The second-order valence-electron chi connectivity index (χ2n) is 6.12. The average Bonchev–Trinajstić information content (AvgIpc) is 2.75. The molecule has 0 bridgehead atoms. The topological polar surface area (TPSA) is 53.7 Å². The van der Waals surface area contributed by atoms with Crippen LogP contribution in [0, 0.1) is 5.92 Å². The van der Waals surface area contributed by atoms with Gasteiger partial charge in [-0.25, -0.2) is 4.79 Å². The highest BCUT2D eigenvalue weighted by Gasteiger charge is 2.23. The summed E-state index contributed by atoms with van der Waals surface area (Å²) < 4.78 is 5.80. The molecule has 2 rings (SSSR count). The Morgan fingerprint density at radius 2 is 1.90 bits per heavy atom. The standard InChI is InChI=1S/C17H23NO3/c1-11(2)9-18(12(3)4)10-15-16(17(19)20)13-7-5-6-8-14(13)21-15/h5-8,11-12H,9-10H2,1-4H3,(H,19,20). The van der Waals surface area contributed by atoms with Gasteiger partial charge in [-0.15, -0.1) is 0 Å². The highest BCUT2D eigenvalue weighted by Crippen LogP contribution is 2.27. The van der Waals surface area contributed by atoms with Crippen LogP contribution in [0.15, 0.2) is 28.7 Å². The van der Waals surface area contributed by atoms with E-state index < -0.39 is 5.97 Å². The van der Waals surface area contributed by atoms with Crippen LogP contribution in [0.2, 0.25) is 0 Å². The lowest BCUT2D eigenvalue weighted by molar-refractivity contribution is 0.0693. The molecule has 0 aliphatic carbocycles. The number of carboxylic acid groups (broad SMARTS) is 1. The van der Waals surface area contributed by atoms with E-state index in [4.69, 9.17) is 4.42 Å². The number of carbonyl (C=O) groups is 1. The lowest BCUT2D eigenvalue weighted by Crippen LogP contribution is -2.33. The first-order chi connectivity index (χ1) is 9.90. The van der Waals surface area contributed by atoms with Crippen molar-refractivity contribution in [3.63, 3.8) is 0 Å². The van der Waals surface area contributed by atoms with Gasteiger partial charge in [0.2, 0.25) is 0 Å². The van der Waals surface area contributed by atoms with E-state index >= 15 is 0 Å². The first kappa shape index (κ1) is 15.6. The second-order valence-corrected chi connectivity index (χ2v) is 6.12. The molecule has 0 fully saturated rings. The van der Waals surface area contributed by atoms with Crippen LogP contribution in [0.3, 0.4) is 0 Å². The number of hydrogen-bond donors (Lipinski definition) is 1. The molecule has 0 unspecified atom stereocenters. The molecule has 0 saturated carbocycles. The van der Waals surface area contributed by atoms with Crippen molar-refractivity contribution in [3.05, 3.63) is 35.6 Å². The smallest absolute Gasteiger partial charge is 0.339 e. The molecule has 21 heavy (non-hydrogen) atoms. The molecule has 0 amide bonds. The van der Waals surface area contributed by atoms with Gasteiger partial charge in [0, 0.05) is 18.0 Å². The van der Waals surface area contributed by atoms with Crippen LogP contribution in [-0.2, 0) is 6.54 Å². The Balaban J connectivity index is 2.40. The zero-order chi connectivity index (χ0) is 15.6. The van der Waals surface area contributed by atoms with E-state index in [1.807, 2.05) is 18.2 Å². The van der Waals surface area contributed by atoms with E-state index in [0.29, 0.717) is 40.8 Å². The Morgan fingerprint density at radius 1 is 1.24 bits per heavy atom. The summed E-state index contributed by atoms with van der Waals surface area (Å²) in [4.78, 5) is 13.8. The fourth-order valence-electron chi connectivity index (χ4n) is 2.55. The van der Waals surface area contributed by atoms with Crippen LogP contribution in [0.25, 0.3) is 11.0 Å². The van der Waals surface area contributed by atoms with Crippen molar-refractivity contribution in [3.8, 4) is 0 Å². The van der Waals surface area contributed by atoms with Gasteiger partial charge < -0.3 is 9.52 Å². The minimum Gasteiger partial charge on any atom is -0.478 e. The van der Waals surface area contributed by atoms with Crippen LogP contribution >= 0.6 is 0 Å². The number of fused-ring (bicyclic) bond motifs is 1. The number of nitrogens with zero attached hydrogens (tertiary/aromatic N) is 1. The summed E-state index contributed by atoms with van der Waals surface area (Å²) in [5.74, 6) is 0.131. The number of benzene rings is 1. The van der Waals surface area contributed by atoms with Crippen molar-refractivity contribution in [2.24, 2.45) is 5.92 Å². The first-order valence-electron chi connectivity index (χ1n) is 7.38. The van der Waals surface area contributed by atoms with E-state index in [9.17, 15) is 9.90 Å². The van der Waals surface area contributed by atoms with Crippen molar-refractivity contribution < 1.29 is 14.3 Å². The Morgan fingerprint density at radius 3 is 2.48 bits per heavy atom. The largest absolute Gasteiger partial charge is 0.478 e. The maximum atomic E-state index is 11.6. The summed E-state index contributed by atoms with van der Waals surface area (Å²) in [6, 6.07) is 7.64. The Bertz CT molecular complexity index is 628. The molecule has 0 aliphatic rings. The van der Waals surface area contributed by atoms with Crippen LogP contribution < -0.4 is 0 Å². The fraction of sp³-hybridized carbons (Fsp3) is 0.471. The van der Waals surface area contributed by atoms with Crippen molar-refractivity contribution in [2.45, 2.75) is 40.3 Å². The van der Waals surface area contributed by atoms with Crippen molar-refractivity contribution >= 4 is 16.9 Å². The van der Waals surface area contributed by atoms with Crippen molar-refractivity contribution in [1.29, 1.82) is 0 Å². The molecule has 1 N–H and O–H groups in total. The zero-order valence-corrected chi connectivity index (χ0v) is 13.1. The lowest BCUT2D eigenvalue weighted by atomic mass is 10.1. The maximum Gasteiger partial charge on any atom is 0.339 e. The molecule has 2 aromatic rings. The third-order valence-corrected chi connectivity index (χ3v) is 3.56. The fourth-order valence-corrected chi connectivity index (χ4v) is 2.55. The molecular weight excluding hydrogens is 266 g/mol. The number of rotatable bonds is 6. The van der Waals surface area contributed by atoms with Crippen molar-refractivity contribution in [2.75, 3.05) is 6.54 Å². The van der Waals surface area contributed by atoms with Crippen LogP contribution in [0.1, 0.15) is 43.8 Å². The molecule has 114 valence electrons. The van der Waals surface area contributed by atoms with Gasteiger partial charge in [0.05, 0.1) is 6.54 Å². The van der Waals surface area contributed by atoms with E-state index in [2.05, 4.69) is 32.6 Å². The number of carboxylic acids is 1. The van der Waals surface area contributed by atoms with Crippen LogP contribution in [0.5, 0.6) is 0 Å². The third kappa shape index (κ3) is 3.45. The Kier molecular flexibility index (Phi) is 4.68. The number of hydrogen-bond acceptors (Lipinski definition) is 3. The third-order valence-electron chi connectivity index (χ3n) is 3.56. The highest BCUT2D eigenvalue weighted by molar-refractivity contribution is 6.03. The van der Waals surface area contributed by atoms with E-state index in [0.717, 1.165) is 6.54 Å². The molecule has 0 spiro atoms. The van der Waals surface area contributed by atoms with Gasteiger partial charge in [-0.1, -0.05) is 32.0 Å². The van der Waals surface area contributed by atoms with Gasteiger partial charge in [-0.3, -0.25) is 4.90 Å². The normalized spacial score (nSPS) is 12.0. The summed E-state index contributed by atoms with van der Waals surface area (Å²) >= 11 is 0. The van der Waals surface area contributed by atoms with Crippen molar-refractivity contribution in [1.82, 2.24) is 4.90 Å². The molecule has 4 nitrogen and oxygen atoms in total. The molecule has 0 aliphatic heterocycles. The molecular formula is C17H23NO3. The van der Waals surface area contributed by atoms with E-state index in [-0.39, 0.29) is 0 Å². The predicted molar refractivity (Wildman–Crippen MR) is 83.6 cm³/mol. The van der Waals surface area contributed by atoms with Crippen LogP contribution in [-0.4, -0.2) is 28.6 Å². The monoisotopic (exact) mass is 289 g/mol. The zero-order valence-electron chi connectivity index (χ0n) is 13.1. The maximum absolute atomic E-state index is 11.6. The Labute approximate surface area is 125 Å². The molecule has 1 heterocycles. The highest BCUT2D eigenvalue weighted by atomic mass is 16.4. The second kappa shape index (κ2) is 6.31. The van der Waals surface area contributed by atoms with Crippen LogP contribution in [0.4, 0.5) is 0 Å². The van der Waals surface area contributed by atoms with Gasteiger partial charge >= 0.3 is 5.97 Å². The SMILES string of the molecule is CC(C)CN(Cc1oc2ccccc2c1C(=O)O)C(C)C. The number of aromatic carboxylic acids is 1. The lowest BCUT2D eigenvalue weighted by Gasteiger charge is -2.27. The molecule has 0 saturated heterocycles. The molecule has 0 atom stereocenters. The summed E-state index contributed by atoms with van der Waals surface area (Å²) in [6.45, 7) is 9.98. The number of furan rings is 1. The summed E-state index contributed by atoms with van der Waals surface area (Å²) in [5.41, 5.74) is 0.929. The van der Waals surface area contributed by atoms with E-state index in [1.54, 1.807) is 6.07 Å². The molecule has 1 aromatic heterocycles. The van der Waals surface area contributed by atoms with E-state index in [1.165, 1.54) is 0 Å². The van der Waals surface area contributed by atoms with Gasteiger partial charge in [0.1, 0.15) is 16.9 Å². The minimum atomic E-state index is -0.928. The van der Waals surface area contributed by atoms with Gasteiger partial charge in [0.15, 0.2) is 0 Å². The quantitative estimate of drug-likeness (QED) is 0.873.